The van der Waals surface area contributed by atoms with Crippen LogP contribution in [0, 0.1) is 0 Å². The molecular weight excluding hydrogens is 272 g/mol. The average Bonchev–Trinajstić information content (AvgIpc) is 2.55. The van der Waals surface area contributed by atoms with Crippen molar-refractivity contribution in [1.82, 2.24) is 0 Å². The first-order chi connectivity index (χ1) is 12.2. The lowest BCUT2D eigenvalue weighted by Crippen LogP contribution is -1.93. The molecule has 22 heavy (non-hydrogen) atoms. The molecule has 0 radical (unpaired) electrons. The Labute approximate surface area is 144 Å². The zero-order chi connectivity index (χ0) is 19.9. The van der Waals surface area contributed by atoms with E-state index < -0.39 is 18.7 Å². The van der Waals surface area contributed by atoms with Gasteiger partial charge in [-0.2, -0.15) is 0 Å². The summed E-state index contributed by atoms with van der Waals surface area (Å²) in [7, 11) is 0. The van der Waals surface area contributed by atoms with Gasteiger partial charge in [0.1, 0.15) is 0 Å². The fourth-order valence-corrected chi connectivity index (χ4v) is 2.54. The molecule has 0 heterocycles. The van der Waals surface area contributed by atoms with Crippen LogP contribution < -0.4 is 0 Å². The highest BCUT2D eigenvalue weighted by molar-refractivity contribution is 5.66. The SMILES string of the molecule is [2H]C([2H])(CCCCCCC)C([2H])([2H])CCCCCCCCCCC(=O)O. The molecule has 0 aromatic carbocycles. The second-order valence-corrected chi connectivity index (χ2v) is 6.24. The van der Waals surface area contributed by atoms with Crippen LogP contribution in [0.15, 0.2) is 0 Å². The second-order valence-electron chi connectivity index (χ2n) is 6.24. The number of unbranched alkanes of at least 4 members (excludes halogenated alkanes) is 11. The molecule has 0 bridgehead atoms. The molecule has 0 spiro atoms. The van der Waals surface area contributed by atoms with Crippen molar-refractivity contribution >= 4 is 5.97 Å². The van der Waals surface area contributed by atoms with E-state index in [0.717, 1.165) is 77.0 Å². The van der Waals surface area contributed by atoms with Gasteiger partial charge in [-0.25, -0.2) is 0 Å². The Kier molecular flexibility index (Phi) is 12.6. The lowest BCUT2D eigenvalue weighted by Gasteiger charge is -2.03. The summed E-state index contributed by atoms with van der Waals surface area (Å²) in [5, 5.41) is 8.56. The van der Waals surface area contributed by atoms with Gasteiger partial charge in [0.2, 0.25) is 0 Å². The Hall–Kier alpha value is -0.530. The second kappa shape index (κ2) is 18.5. The summed E-state index contributed by atoms with van der Waals surface area (Å²) in [5.41, 5.74) is 0. The molecule has 0 aliphatic heterocycles. The summed E-state index contributed by atoms with van der Waals surface area (Å²) in [6, 6.07) is 0. The summed E-state index contributed by atoms with van der Waals surface area (Å²) in [6.45, 7) is 2.15. The molecule has 0 atom stereocenters. The minimum Gasteiger partial charge on any atom is -0.481 e. The van der Waals surface area contributed by atoms with E-state index in [1.54, 1.807) is 0 Å². The molecule has 0 saturated carbocycles. The minimum atomic E-state index is -1.74. The number of carboxylic acid groups (broad SMARTS) is 1. The lowest BCUT2D eigenvalue weighted by atomic mass is 10.0. The van der Waals surface area contributed by atoms with Gasteiger partial charge in [-0.15, -0.1) is 0 Å². The zero-order valence-corrected chi connectivity index (χ0v) is 14.7. The average molecular weight is 317 g/mol. The highest BCUT2D eigenvalue weighted by Gasteiger charge is 1.97. The van der Waals surface area contributed by atoms with Crippen LogP contribution >= 0.6 is 0 Å². The molecule has 0 saturated heterocycles. The van der Waals surface area contributed by atoms with Gasteiger partial charge in [-0.1, -0.05) is 110 Å². The van der Waals surface area contributed by atoms with Gasteiger partial charge >= 0.3 is 5.97 Å². The molecular formula is C20H40O2. The van der Waals surface area contributed by atoms with Crippen molar-refractivity contribution in [2.45, 2.75) is 122 Å². The Morgan fingerprint density at radius 1 is 0.682 bits per heavy atom. The van der Waals surface area contributed by atoms with E-state index in [-0.39, 0.29) is 6.42 Å². The van der Waals surface area contributed by atoms with Crippen LogP contribution in [0.25, 0.3) is 0 Å². The van der Waals surface area contributed by atoms with Crippen molar-refractivity contribution < 1.29 is 15.4 Å². The van der Waals surface area contributed by atoms with Crippen molar-refractivity contribution in [3.05, 3.63) is 0 Å². The van der Waals surface area contributed by atoms with E-state index in [9.17, 15) is 4.79 Å². The van der Waals surface area contributed by atoms with Crippen LogP contribution in [0.1, 0.15) is 128 Å². The third-order valence-electron chi connectivity index (χ3n) is 3.97. The largest absolute Gasteiger partial charge is 0.481 e. The first kappa shape index (κ1) is 15.0. The highest BCUT2D eigenvalue weighted by atomic mass is 16.4. The quantitative estimate of drug-likeness (QED) is 0.273. The summed E-state index contributed by atoms with van der Waals surface area (Å²) in [5.74, 6) is -0.722. The van der Waals surface area contributed by atoms with Crippen LogP contribution in [-0.4, -0.2) is 11.1 Å². The van der Waals surface area contributed by atoms with Gasteiger partial charge in [0.25, 0.3) is 0 Å². The van der Waals surface area contributed by atoms with Gasteiger partial charge < -0.3 is 5.11 Å². The summed E-state index contributed by atoms with van der Waals surface area (Å²) in [4.78, 5) is 10.4. The zero-order valence-electron chi connectivity index (χ0n) is 18.7. The van der Waals surface area contributed by atoms with Crippen molar-refractivity contribution in [3.63, 3.8) is 0 Å². The summed E-state index contributed by atoms with van der Waals surface area (Å²) >= 11 is 0. The van der Waals surface area contributed by atoms with Crippen LogP contribution in [0.4, 0.5) is 0 Å². The predicted octanol–water partition coefficient (Wildman–Crippen LogP) is 7.11. The Morgan fingerprint density at radius 3 is 1.45 bits per heavy atom. The Bertz CT molecular complexity index is 360. The predicted molar refractivity (Wildman–Crippen MR) is 96.4 cm³/mol. The molecule has 2 nitrogen and oxygen atoms in total. The van der Waals surface area contributed by atoms with Gasteiger partial charge in [-0.3, -0.25) is 4.79 Å². The van der Waals surface area contributed by atoms with Crippen molar-refractivity contribution in [2.24, 2.45) is 0 Å². The van der Waals surface area contributed by atoms with Crippen LogP contribution in [0.3, 0.4) is 0 Å². The monoisotopic (exact) mass is 316 g/mol. The van der Waals surface area contributed by atoms with Crippen molar-refractivity contribution in [2.75, 3.05) is 0 Å². The topological polar surface area (TPSA) is 37.3 Å². The Balaban J connectivity index is 3.73. The number of carboxylic acids is 1. The standard InChI is InChI=1S/C20H40O2/c1-2-3-4-5-6-7-8-9-10-11-12-13-14-15-16-17-18-19-20(21)22/h2-19H2,1H3,(H,21,22)/i8D2,9D2. The normalized spacial score (nSPS) is 15.0. The number of hydrogen-bond acceptors (Lipinski definition) is 1. The number of rotatable bonds is 18. The van der Waals surface area contributed by atoms with Crippen LogP contribution in [0.2, 0.25) is 0 Å². The maximum Gasteiger partial charge on any atom is 0.303 e. The lowest BCUT2D eigenvalue weighted by molar-refractivity contribution is -0.137. The molecule has 2 heteroatoms. The maximum absolute atomic E-state index is 10.4. The van der Waals surface area contributed by atoms with Gasteiger partial charge in [-0.05, 0) is 6.42 Å². The molecule has 0 aromatic rings. The third kappa shape index (κ3) is 19.5. The van der Waals surface area contributed by atoms with E-state index in [1.165, 1.54) is 6.42 Å². The molecule has 1 N–H and O–H groups in total. The van der Waals surface area contributed by atoms with E-state index in [1.807, 2.05) is 0 Å². The van der Waals surface area contributed by atoms with Gasteiger partial charge in [0, 0.05) is 11.9 Å². The first-order valence-electron chi connectivity index (χ1n) is 11.4. The van der Waals surface area contributed by atoms with Crippen LogP contribution in [-0.2, 0) is 4.79 Å². The molecule has 0 aliphatic rings. The fourth-order valence-electron chi connectivity index (χ4n) is 2.54. The number of aliphatic carboxylic acids is 1. The van der Waals surface area contributed by atoms with Crippen molar-refractivity contribution in [3.8, 4) is 0 Å². The highest BCUT2D eigenvalue weighted by Crippen LogP contribution is 2.14. The van der Waals surface area contributed by atoms with Crippen LogP contribution in [0.5, 0.6) is 0 Å². The minimum absolute atomic E-state index is 0.260. The van der Waals surface area contributed by atoms with E-state index in [0.29, 0.717) is 12.8 Å². The smallest absolute Gasteiger partial charge is 0.303 e. The third-order valence-corrected chi connectivity index (χ3v) is 3.97. The van der Waals surface area contributed by atoms with E-state index >= 15 is 0 Å². The van der Waals surface area contributed by atoms with Crippen molar-refractivity contribution in [1.29, 1.82) is 0 Å². The van der Waals surface area contributed by atoms with E-state index in [2.05, 4.69) is 6.92 Å². The molecule has 132 valence electrons. The Morgan fingerprint density at radius 2 is 1.05 bits per heavy atom. The summed E-state index contributed by atoms with van der Waals surface area (Å²) < 4.78 is 32.4. The molecule has 0 unspecified atom stereocenters. The fraction of sp³-hybridized carbons (Fsp3) is 0.950. The first-order valence-corrected chi connectivity index (χ1v) is 9.45. The van der Waals surface area contributed by atoms with Gasteiger partial charge in [0.15, 0.2) is 0 Å². The van der Waals surface area contributed by atoms with Gasteiger partial charge in [0.05, 0.1) is 0 Å². The van der Waals surface area contributed by atoms with E-state index in [4.69, 9.17) is 10.6 Å². The molecule has 0 rings (SSSR count). The molecule has 0 amide bonds. The number of carbonyl (C=O) groups is 1. The summed E-state index contributed by atoms with van der Waals surface area (Å²) in [6.07, 6.45) is 10.3. The maximum atomic E-state index is 10.4. The molecule has 0 aliphatic carbocycles. The molecule has 0 aromatic heterocycles. The molecule has 0 fully saturated rings. The number of hydrogen-bond donors (Lipinski definition) is 1.